The first kappa shape index (κ1) is 21.5. The lowest BCUT2D eigenvalue weighted by atomic mass is 10.1. The zero-order valence-electron chi connectivity index (χ0n) is 16.7. The van der Waals surface area contributed by atoms with Crippen LogP contribution in [0.3, 0.4) is 0 Å². The molecule has 168 valence electrons. The number of nitrogens with two attached hydrogens (primary N) is 2. The number of nitrogens with one attached hydrogen (secondary N) is 3. The largest absolute Gasteiger partial charge is 0.416 e. The number of benzene rings is 1. The van der Waals surface area contributed by atoms with Crippen LogP contribution in [0.2, 0.25) is 0 Å². The molecule has 0 spiro atoms. The summed E-state index contributed by atoms with van der Waals surface area (Å²) < 4.78 is 38.8. The average Bonchev–Trinajstić information content (AvgIpc) is 3.39. The van der Waals surface area contributed by atoms with Crippen LogP contribution in [0.15, 0.2) is 36.4 Å². The van der Waals surface area contributed by atoms with E-state index in [-0.39, 0.29) is 23.6 Å². The van der Waals surface area contributed by atoms with Crippen LogP contribution in [0, 0.1) is 0 Å². The second-order valence-corrected chi connectivity index (χ2v) is 7.10. The molecule has 1 aliphatic heterocycles. The van der Waals surface area contributed by atoms with Gasteiger partial charge in [-0.3, -0.25) is 4.79 Å². The van der Waals surface area contributed by atoms with Crippen molar-refractivity contribution in [3.63, 3.8) is 0 Å². The maximum atomic E-state index is 12.9. The maximum absolute atomic E-state index is 12.9. The third-order valence-corrected chi connectivity index (χ3v) is 4.93. The lowest BCUT2D eigenvalue weighted by Crippen LogP contribution is -2.36. The lowest BCUT2D eigenvalue weighted by Gasteiger charge is -2.15. The number of hydrogen-bond acceptors (Lipinski definition) is 8. The Bertz CT molecular complexity index is 1210. The Kier molecular flexibility index (Phi) is 5.44. The molecule has 4 rings (SSSR count). The topological polar surface area (TPSA) is 157 Å². The molecular weight excluding hydrogens is 429 g/mol. The molecule has 10 nitrogen and oxygen atoms in total. The molecule has 0 bridgehead atoms. The number of rotatable bonds is 5. The Labute approximate surface area is 179 Å². The van der Waals surface area contributed by atoms with Crippen molar-refractivity contribution in [3.05, 3.63) is 59.0 Å². The quantitative estimate of drug-likeness (QED) is 0.395. The van der Waals surface area contributed by atoms with Gasteiger partial charge in [-0.15, -0.1) is 5.48 Å². The van der Waals surface area contributed by atoms with E-state index >= 15 is 0 Å². The molecule has 0 radical (unpaired) electrons. The summed E-state index contributed by atoms with van der Waals surface area (Å²) in [6, 6.07) is 2.14. The normalized spacial score (nSPS) is 17.2. The first-order chi connectivity index (χ1) is 15.2. The van der Waals surface area contributed by atoms with Gasteiger partial charge in [0.1, 0.15) is 35.5 Å². The highest BCUT2D eigenvalue weighted by Crippen LogP contribution is 2.32. The van der Waals surface area contributed by atoms with Gasteiger partial charge in [0.05, 0.1) is 22.6 Å². The number of imidazole rings is 1. The molecule has 0 saturated heterocycles. The number of aromatic amines is 1. The Balaban J connectivity index is 1.50. The van der Waals surface area contributed by atoms with Crippen molar-refractivity contribution in [3.8, 4) is 0 Å². The zero-order chi connectivity index (χ0) is 23.0. The van der Waals surface area contributed by atoms with E-state index < -0.39 is 29.7 Å². The number of carbonyl (C=O) groups excluding carboxylic acids is 1. The molecule has 3 aromatic rings. The van der Waals surface area contributed by atoms with Gasteiger partial charge in [0.15, 0.2) is 0 Å². The minimum Gasteiger partial charge on any atom is -0.410 e. The number of aromatic nitrogens is 4. The van der Waals surface area contributed by atoms with E-state index in [0.29, 0.717) is 22.7 Å². The van der Waals surface area contributed by atoms with Gasteiger partial charge in [-0.1, -0.05) is 0 Å². The van der Waals surface area contributed by atoms with Crippen LogP contribution in [0.1, 0.15) is 40.4 Å². The zero-order valence-corrected chi connectivity index (χ0v) is 16.7. The summed E-state index contributed by atoms with van der Waals surface area (Å²) in [7, 11) is 0. The number of hydrogen-bond donors (Lipinski definition) is 5. The van der Waals surface area contributed by atoms with Gasteiger partial charge in [-0.25, -0.2) is 15.0 Å². The monoisotopic (exact) mass is 448 g/mol. The van der Waals surface area contributed by atoms with Gasteiger partial charge >= 0.3 is 6.18 Å². The number of nitrogens with zero attached hydrogens (tertiary/aromatic N) is 3. The predicted octanol–water partition coefficient (Wildman–Crippen LogP) is 1.69. The summed E-state index contributed by atoms with van der Waals surface area (Å²) in [5.41, 5.74) is 14.3. The number of alkyl halides is 3. The van der Waals surface area contributed by atoms with Crippen molar-refractivity contribution < 1.29 is 22.8 Å². The third kappa shape index (κ3) is 4.07. The number of hydroxylamine groups is 1. The Morgan fingerprint density at radius 1 is 1.34 bits per heavy atom. The first-order valence-corrected chi connectivity index (χ1v) is 9.48. The standard InChI is InChI=1S/C19H19F3N8O2/c1-8(27-18(31)15-10(6-23)16(24)26-7-25-15)14-5-13(30-32-14)17-28-11-3-2-9(19(20,21)22)4-12(11)29-17/h2-5,7-8,13,30H,6,23H2,1H3,(H,27,31)(H,28,29)(H2,24,25,26)/t8-,13?/m0/s1. The fourth-order valence-corrected chi connectivity index (χ4v) is 3.24. The molecule has 7 N–H and O–H groups in total. The summed E-state index contributed by atoms with van der Waals surface area (Å²) in [5.74, 6) is 0.360. The first-order valence-electron chi connectivity index (χ1n) is 9.48. The molecule has 2 aromatic heterocycles. The summed E-state index contributed by atoms with van der Waals surface area (Å²) >= 11 is 0. The van der Waals surface area contributed by atoms with Crippen LogP contribution in [0.25, 0.3) is 11.0 Å². The number of H-pyrrole nitrogens is 1. The van der Waals surface area contributed by atoms with E-state index in [2.05, 4.69) is 30.7 Å². The van der Waals surface area contributed by atoms with Crippen molar-refractivity contribution in [1.29, 1.82) is 0 Å². The van der Waals surface area contributed by atoms with Crippen LogP contribution in [0.4, 0.5) is 19.0 Å². The van der Waals surface area contributed by atoms with Gasteiger partial charge in [0.2, 0.25) is 0 Å². The Hall–Kier alpha value is -3.71. The van der Waals surface area contributed by atoms with Crippen molar-refractivity contribution in [2.24, 2.45) is 5.73 Å². The van der Waals surface area contributed by atoms with E-state index in [1.165, 1.54) is 12.4 Å². The SMILES string of the molecule is C[C@H](NC(=O)c1ncnc(N)c1CN)C1=CC(c2nc3ccc(C(F)(F)F)cc3[nH]2)NO1. The number of carbonyl (C=O) groups is 1. The van der Waals surface area contributed by atoms with Crippen LogP contribution in [-0.2, 0) is 17.6 Å². The molecule has 2 atom stereocenters. The Morgan fingerprint density at radius 2 is 2.12 bits per heavy atom. The number of nitrogen functional groups attached to an aromatic ring is 1. The molecule has 1 amide bonds. The molecule has 1 unspecified atom stereocenters. The second kappa shape index (κ2) is 8.09. The number of halogens is 3. The summed E-state index contributed by atoms with van der Waals surface area (Å²) in [5, 5.41) is 2.73. The number of anilines is 1. The van der Waals surface area contributed by atoms with E-state index in [1.807, 2.05) is 0 Å². The van der Waals surface area contributed by atoms with Gasteiger partial charge in [0, 0.05) is 12.1 Å². The smallest absolute Gasteiger partial charge is 0.410 e. The van der Waals surface area contributed by atoms with Crippen molar-refractivity contribution in [2.45, 2.75) is 31.7 Å². The molecular formula is C19H19F3N8O2. The fourth-order valence-electron chi connectivity index (χ4n) is 3.24. The van der Waals surface area contributed by atoms with Gasteiger partial charge in [-0.2, -0.15) is 13.2 Å². The summed E-state index contributed by atoms with van der Waals surface area (Å²) in [4.78, 5) is 33.0. The van der Waals surface area contributed by atoms with Crippen LogP contribution in [0.5, 0.6) is 0 Å². The van der Waals surface area contributed by atoms with Gasteiger partial charge < -0.3 is 26.6 Å². The molecule has 3 heterocycles. The third-order valence-electron chi connectivity index (χ3n) is 4.93. The fraction of sp³-hybridized carbons (Fsp3) is 0.263. The predicted molar refractivity (Wildman–Crippen MR) is 107 cm³/mol. The molecule has 0 saturated carbocycles. The highest BCUT2D eigenvalue weighted by molar-refractivity contribution is 5.95. The molecule has 13 heteroatoms. The number of amides is 1. The summed E-state index contributed by atoms with van der Waals surface area (Å²) in [6.07, 6.45) is -1.62. The molecule has 1 aliphatic rings. The van der Waals surface area contributed by atoms with Gasteiger partial charge in [0.25, 0.3) is 5.91 Å². The molecule has 0 fully saturated rings. The lowest BCUT2D eigenvalue weighted by molar-refractivity contribution is -0.137. The highest BCUT2D eigenvalue weighted by atomic mass is 19.4. The molecule has 32 heavy (non-hydrogen) atoms. The Morgan fingerprint density at radius 3 is 2.84 bits per heavy atom. The van der Waals surface area contributed by atoms with Crippen LogP contribution in [-0.4, -0.2) is 31.9 Å². The highest BCUT2D eigenvalue weighted by Gasteiger charge is 2.31. The number of fused-ring (bicyclic) bond motifs is 1. The van der Waals surface area contributed by atoms with E-state index in [4.69, 9.17) is 16.3 Å². The maximum Gasteiger partial charge on any atom is 0.416 e. The van der Waals surface area contributed by atoms with E-state index in [0.717, 1.165) is 12.1 Å². The molecule has 1 aromatic carbocycles. The van der Waals surface area contributed by atoms with E-state index in [9.17, 15) is 18.0 Å². The van der Waals surface area contributed by atoms with Gasteiger partial charge in [-0.05, 0) is 31.2 Å². The van der Waals surface area contributed by atoms with Crippen LogP contribution < -0.4 is 22.3 Å². The van der Waals surface area contributed by atoms with Crippen molar-refractivity contribution in [1.82, 2.24) is 30.7 Å². The second-order valence-electron chi connectivity index (χ2n) is 7.10. The average molecular weight is 448 g/mol. The van der Waals surface area contributed by atoms with Crippen molar-refractivity contribution in [2.75, 3.05) is 5.73 Å². The minimum absolute atomic E-state index is 0.00522. The van der Waals surface area contributed by atoms with Crippen molar-refractivity contribution >= 4 is 22.8 Å². The minimum atomic E-state index is -4.45. The van der Waals surface area contributed by atoms with E-state index in [1.54, 1.807) is 13.0 Å². The van der Waals surface area contributed by atoms with Crippen LogP contribution >= 0.6 is 0 Å². The molecule has 0 aliphatic carbocycles. The summed E-state index contributed by atoms with van der Waals surface area (Å²) in [6.45, 7) is 1.68.